The first-order chi connectivity index (χ1) is 16.3. The van der Waals surface area contributed by atoms with Crippen LogP contribution in [0.5, 0.6) is 0 Å². The molecular formula is C26H17ClN2O5. The van der Waals surface area contributed by atoms with Gasteiger partial charge in [-0.25, -0.2) is 4.79 Å². The summed E-state index contributed by atoms with van der Waals surface area (Å²) in [4.78, 5) is 38.4. The second-order valence-corrected chi connectivity index (χ2v) is 7.96. The number of carboxylic acid groups (broad SMARTS) is 1. The van der Waals surface area contributed by atoms with E-state index < -0.39 is 17.8 Å². The van der Waals surface area contributed by atoms with Crippen molar-refractivity contribution in [3.63, 3.8) is 0 Å². The zero-order chi connectivity index (χ0) is 24.4. The Morgan fingerprint density at radius 2 is 1.85 bits per heavy atom. The van der Waals surface area contributed by atoms with Crippen LogP contribution in [0, 0.1) is 11.3 Å². The number of imide groups is 1. The largest absolute Gasteiger partial charge is 0.478 e. The van der Waals surface area contributed by atoms with Gasteiger partial charge in [-0.2, -0.15) is 5.26 Å². The fourth-order valence-electron chi connectivity index (χ4n) is 3.61. The van der Waals surface area contributed by atoms with E-state index in [0.29, 0.717) is 17.1 Å². The maximum atomic E-state index is 13.2. The van der Waals surface area contributed by atoms with Gasteiger partial charge in [0.05, 0.1) is 17.1 Å². The average molecular weight is 473 g/mol. The number of nitrogens with zero attached hydrogens (tertiary/aromatic N) is 2. The second-order valence-electron chi connectivity index (χ2n) is 7.55. The Bertz CT molecular complexity index is 1430. The molecule has 0 radical (unpaired) electrons. The quantitative estimate of drug-likeness (QED) is 0.409. The van der Waals surface area contributed by atoms with Crippen molar-refractivity contribution >= 4 is 35.5 Å². The summed E-state index contributed by atoms with van der Waals surface area (Å²) in [6.07, 6.45) is 1.47. The highest BCUT2D eigenvalue weighted by atomic mass is 35.5. The summed E-state index contributed by atoms with van der Waals surface area (Å²) < 4.78 is 5.82. The molecule has 0 spiro atoms. The number of aromatic carboxylic acids is 1. The first kappa shape index (κ1) is 22.8. The molecule has 1 aromatic heterocycles. The Labute approximate surface area is 199 Å². The minimum Gasteiger partial charge on any atom is -0.478 e. The molecule has 0 unspecified atom stereocenters. The van der Waals surface area contributed by atoms with E-state index in [1.807, 2.05) is 12.1 Å². The van der Waals surface area contributed by atoms with Crippen molar-refractivity contribution in [1.82, 2.24) is 4.90 Å². The van der Waals surface area contributed by atoms with Gasteiger partial charge in [0, 0.05) is 11.1 Å². The molecule has 3 aromatic rings. The lowest BCUT2D eigenvalue weighted by molar-refractivity contribution is -0.141. The molecule has 0 bridgehead atoms. The summed E-state index contributed by atoms with van der Waals surface area (Å²) in [5.41, 5.74) is 1.49. The average Bonchev–Trinajstić information content (AvgIpc) is 3.29. The van der Waals surface area contributed by atoms with Crippen LogP contribution in [-0.4, -0.2) is 27.8 Å². The first-order valence-electron chi connectivity index (χ1n) is 10.2. The lowest BCUT2D eigenvalue weighted by atomic mass is 9.94. The molecular weight excluding hydrogens is 456 g/mol. The third-order valence-corrected chi connectivity index (χ3v) is 5.73. The van der Waals surface area contributed by atoms with Crippen molar-refractivity contribution in [2.24, 2.45) is 0 Å². The number of hydrogen-bond donors (Lipinski definition) is 1. The van der Waals surface area contributed by atoms with Gasteiger partial charge in [0.15, 0.2) is 0 Å². The number of nitriles is 1. The number of carbonyl (C=O) groups excluding carboxylic acids is 2. The van der Waals surface area contributed by atoms with E-state index in [9.17, 15) is 24.8 Å². The molecule has 2 amide bonds. The SMILES string of the molecule is CC1=C(C#N)C(=O)N(Cc2ccccc2)C(=O)/C1=C/c1ccc(-c2ccc(Cl)c(C(=O)O)c2)o1. The van der Waals surface area contributed by atoms with Gasteiger partial charge >= 0.3 is 5.97 Å². The summed E-state index contributed by atoms with van der Waals surface area (Å²) >= 11 is 5.93. The lowest BCUT2D eigenvalue weighted by Gasteiger charge is -2.27. The third-order valence-electron chi connectivity index (χ3n) is 5.40. The van der Waals surface area contributed by atoms with Gasteiger partial charge in [-0.1, -0.05) is 41.9 Å². The summed E-state index contributed by atoms with van der Waals surface area (Å²) in [6.45, 7) is 1.57. The zero-order valence-electron chi connectivity index (χ0n) is 17.9. The predicted molar refractivity (Wildman–Crippen MR) is 124 cm³/mol. The minimum absolute atomic E-state index is 0.0282. The van der Waals surface area contributed by atoms with Crippen LogP contribution in [0.1, 0.15) is 28.6 Å². The van der Waals surface area contributed by atoms with Crippen LogP contribution >= 0.6 is 11.6 Å². The summed E-state index contributed by atoms with van der Waals surface area (Å²) in [7, 11) is 0. The molecule has 168 valence electrons. The highest BCUT2D eigenvalue weighted by Crippen LogP contribution is 2.31. The van der Waals surface area contributed by atoms with Crippen LogP contribution in [-0.2, 0) is 16.1 Å². The van der Waals surface area contributed by atoms with E-state index in [1.54, 1.807) is 49.4 Å². The van der Waals surface area contributed by atoms with E-state index in [-0.39, 0.29) is 33.9 Å². The number of furan rings is 1. The number of hydrogen-bond acceptors (Lipinski definition) is 5. The molecule has 2 heterocycles. The molecule has 8 heteroatoms. The predicted octanol–water partition coefficient (Wildman–Crippen LogP) is 5.09. The molecule has 1 aliphatic heterocycles. The van der Waals surface area contributed by atoms with Crippen LogP contribution in [0.4, 0.5) is 0 Å². The molecule has 0 saturated carbocycles. The van der Waals surface area contributed by atoms with Crippen molar-refractivity contribution in [2.45, 2.75) is 13.5 Å². The fraction of sp³-hybridized carbons (Fsp3) is 0.0769. The number of halogens is 1. The summed E-state index contributed by atoms with van der Waals surface area (Å²) in [6, 6.07) is 18.6. The van der Waals surface area contributed by atoms with Crippen LogP contribution in [0.3, 0.4) is 0 Å². The van der Waals surface area contributed by atoms with Crippen LogP contribution < -0.4 is 0 Å². The van der Waals surface area contributed by atoms with Gasteiger partial charge < -0.3 is 9.52 Å². The molecule has 0 fully saturated rings. The molecule has 7 nitrogen and oxygen atoms in total. The van der Waals surface area contributed by atoms with E-state index >= 15 is 0 Å². The standard InChI is InChI=1S/C26H17ClN2O5/c1-15-19(24(30)29(25(31)21(15)13-28)14-16-5-3-2-4-6-16)12-18-8-10-23(34-18)17-7-9-22(27)20(11-17)26(32)33/h2-12H,14H2,1H3,(H,32,33)/b19-12+. The summed E-state index contributed by atoms with van der Waals surface area (Å²) in [5, 5.41) is 18.9. The first-order valence-corrected chi connectivity index (χ1v) is 10.5. The number of carboxylic acids is 1. The van der Waals surface area contributed by atoms with Crippen molar-refractivity contribution < 1.29 is 23.9 Å². The summed E-state index contributed by atoms with van der Waals surface area (Å²) in [5.74, 6) is -1.68. The zero-order valence-corrected chi connectivity index (χ0v) is 18.7. The van der Waals surface area contributed by atoms with E-state index in [0.717, 1.165) is 10.5 Å². The molecule has 0 saturated heterocycles. The van der Waals surface area contributed by atoms with Crippen molar-refractivity contribution in [3.8, 4) is 17.4 Å². The Balaban J connectivity index is 1.71. The monoisotopic (exact) mass is 472 g/mol. The smallest absolute Gasteiger partial charge is 0.337 e. The number of carbonyl (C=O) groups is 3. The van der Waals surface area contributed by atoms with Crippen molar-refractivity contribution in [3.05, 3.63) is 99.3 Å². The van der Waals surface area contributed by atoms with Crippen LogP contribution in [0.2, 0.25) is 5.02 Å². The number of amides is 2. The Morgan fingerprint density at radius 1 is 1.12 bits per heavy atom. The molecule has 0 atom stereocenters. The Hall–Kier alpha value is -4.41. The maximum absolute atomic E-state index is 13.2. The van der Waals surface area contributed by atoms with E-state index in [1.165, 1.54) is 18.2 Å². The van der Waals surface area contributed by atoms with Crippen LogP contribution in [0.15, 0.2) is 81.8 Å². The minimum atomic E-state index is -1.17. The maximum Gasteiger partial charge on any atom is 0.337 e. The van der Waals surface area contributed by atoms with Crippen molar-refractivity contribution in [1.29, 1.82) is 5.26 Å². The van der Waals surface area contributed by atoms with E-state index in [2.05, 4.69) is 0 Å². The van der Waals surface area contributed by atoms with Gasteiger partial charge in [0.25, 0.3) is 11.8 Å². The Kier molecular flexibility index (Phi) is 6.17. The molecule has 34 heavy (non-hydrogen) atoms. The fourth-order valence-corrected chi connectivity index (χ4v) is 3.81. The highest BCUT2D eigenvalue weighted by molar-refractivity contribution is 6.33. The normalized spacial score (nSPS) is 15.1. The molecule has 4 rings (SSSR count). The molecule has 0 aliphatic carbocycles. The van der Waals surface area contributed by atoms with Crippen molar-refractivity contribution in [2.75, 3.05) is 0 Å². The highest BCUT2D eigenvalue weighted by Gasteiger charge is 2.35. The topological polar surface area (TPSA) is 112 Å². The number of benzene rings is 2. The second kappa shape index (κ2) is 9.22. The lowest BCUT2D eigenvalue weighted by Crippen LogP contribution is -2.42. The van der Waals surface area contributed by atoms with Gasteiger partial charge in [0.2, 0.25) is 0 Å². The van der Waals surface area contributed by atoms with E-state index in [4.69, 9.17) is 16.0 Å². The Morgan fingerprint density at radius 3 is 2.53 bits per heavy atom. The molecule has 1 aliphatic rings. The number of rotatable bonds is 5. The van der Waals surface area contributed by atoms with Gasteiger partial charge in [-0.15, -0.1) is 0 Å². The molecule has 2 aromatic carbocycles. The third kappa shape index (κ3) is 4.27. The van der Waals surface area contributed by atoms with Gasteiger partial charge in [0.1, 0.15) is 23.2 Å². The molecule has 1 N–H and O–H groups in total. The van der Waals surface area contributed by atoms with Gasteiger partial charge in [-0.3, -0.25) is 14.5 Å². The van der Waals surface area contributed by atoms with Gasteiger partial charge in [-0.05, 0) is 54.5 Å². The van der Waals surface area contributed by atoms with Crippen LogP contribution in [0.25, 0.3) is 17.4 Å².